The van der Waals surface area contributed by atoms with Crippen LogP contribution >= 0.6 is 22.7 Å². The first-order chi connectivity index (χ1) is 8.19. The van der Waals surface area contributed by atoms with Gasteiger partial charge in [-0.2, -0.15) is 0 Å². The standard InChI is InChI=1S/C10H15N5S2/c1-11-10-14-13-9(17-10)7-6-12-8(16-7)4-5-15(2)3/h6H,4-5H2,1-3H3,(H,11,14). The molecule has 0 aromatic carbocycles. The molecule has 0 aliphatic heterocycles. The molecule has 2 aromatic heterocycles. The summed E-state index contributed by atoms with van der Waals surface area (Å²) >= 11 is 3.24. The first-order valence-corrected chi connectivity index (χ1v) is 6.93. The molecule has 0 atom stereocenters. The molecule has 5 nitrogen and oxygen atoms in total. The first-order valence-electron chi connectivity index (χ1n) is 5.30. The van der Waals surface area contributed by atoms with E-state index >= 15 is 0 Å². The third-order valence-electron chi connectivity index (χ3n) is 2.18. The van der Waals surface area contributed by atoms with Crippen LogP contribution in [0.25, 0.3) is 9.88 Å². The van der Waals surface area contributed by atoms with Crippen LogP contribution < -0.4 is 5.32 Å². The summed E-state index contributed by atoms with van der Waals surface area (Å²) in [5, 5.41) is 14.1. The number of hydrogen-bond acceptors (Lipinski definition) is 7. The van der Waals surface area contributed by atoms with E-state index in [2.05, 4.69) is 39.5 Å². The number of hydrogen-bond donors (Lipinski definition) is 1. The summed E-state index contributed by atoms with van der Waals surface area (Å²) < 4.78 is 0. The Kier molecular flexibility index (Phi) is 4.03. The molecule has 0 aliphatic carbocycles. The van der Waals surface area contributed by atoms with Crippen LogP contribution in [0.4, 0.5) is 5.13 Å². The number of nitrogens with one attached hydrogen (secondary N) is 1. The number of nitrogens with zero attached hydrogens (tertiary/aromatic N) is 4. The van der Waals surface area contributed by atoms with Crippen LogP contribution in [0.15, 0.2) is 6.20 Å². The maximum atomic E-state index is 4.41. The van der Waals surface area contributed by atoms with Crippen molar-refractivity contribution in [3.63, 3.8) is 0 Å². The average Bonchev–Trinajstić information content (AvgIpc) is 2.94. The van der Waals surface area contributed by atoms with Gasteiger partial charge in [-0.3, -0.25) is 0 Å². The van der Waals surface area contributed by atoms with E-state index in [-0.39, 0.29) is 0 Å². The van der Waals surface area contributed by atoms with Crippen molar-refractivity contribution in [2.24, 2.45) is 0 Å². The molecule has 2 aromatic rings. The summed E-state index contributed by atoms with van der Waals surface area (Å²) in [5.41, 5.74) is 0. The van der Waals surface area contributed by atoms with Crippen molar-refractivity contribution in [3.8, 4) is 9.88 Å². The van der Waals surface area contributed by atoms with Gasteiger partial charge in [0.1, 0.15) is 0 Å². The highest BCUT2D eigenvalue weighted by Crippen LogP contribution is 2.30. The molecule has 0 bridgehead atoms. The second kappa shape index (κ2) is 5.52. The lowest BCUT2D eigenvalue weighted by molar-refractivity contribution is 0.413. The maximum Gasteiger partial charge on any atom is 0.205 e. The van der Waals surface area contributed by atoms with Gasteiger partial charge >= 0.3 is 0 Å². The Morgan fingerprint density at radius 3 is 2.76 bits per heavy atom. The number of aromatic nitrogens is 3. The molecular weight excluding hydrogens is 254 g/mol. The molecule has 0 unspecified atom stereocenters. The Balaban J connectivity index is 2.07. The fraction of sp³-hybridized carbons (Fsp3) is 0.500. The zero-order valence-electron chi connectivity index (χ0n) is 10.1. The van der Waals surface area contributed by atoms with E-state index in [1.54, 1.807) is 22.7 Å². The molecule has 92 valence electrons. The van der Waals surface area contributed by atoms with E-state index < -0.39 is 0 Å². The van der Waals surface area contributed by atoms with Crippen molar-refractivity contribution < 1.29 is 0 Å². The molecule has 0 amide bonds. The minimum absolute atomic E-state index is 0.836. The zero-order chi connectivity index (χ0) is 12.3. The van der Waals surface area contributed by atoms with Crippen molar-refractivity contribution in [1.29, 1.82) is 0 Å². The molecule has 7 heteroatoms. The van der Waals surface area contributed by atoms with Crippen molar-refractivity contribution >= 4 is 27.8 Å². The van der Waals surface area contributed by atoms with E-state index in [0.29, 0.717) is 0 Å². The molecule has 0 fully saturated rings. The van der Waals surface area contributed by atoms with Crippen LogP contribution in [0.1, 0.15) is 5.01 Å². The lowest BCUT2D eigenvalue weighted by Gasteiger charge is -2.06. The molecule has 2 heterocycles. The third-order valence-corrected chi connectivity index (χ3v) is 4.34. The van der Waals surface area contributed by atoms with E-state index in [1.165, 1.54) is 0 Å². The SMILES string of the molecule is CNc1nnc(-c2cnc(CCN(C)C)s2)s1. The predicted molar refractivity (Wildman–Crippen MR) is 72.8 cm³/mol. The first kappa shape index (κ1) is 12.4. The number of thiazole rings is 1. The third kappa shape index (κ3) is 3.21. The lowest BCUT2D eigenvalue weighted by atomic mass is 10.4. The Labute approximate surface area is 109 Å². The van der Waals surface area contributed by atoms with Crippen LogP contribution in [0.3, 0.4) is 0 Å². The van der Waals surface area contributed by atoms with E-state index in [0.717, 1.165) is 33.0 Å². The summed E-state index contributed by atoms with van der Waals surface area (Å²) in [7, 11) is 5.98. The number of rotatable bonds is 5. The highest BCUT2D eigenvalue weighted by atomic mass is 32.1. The average molecular weight is 269 g/mol. The molecular formula is C10H15N5S2. The number of anilines is 1. The fourth-order valence-corrected chi connectivity index (χ4v) is 2.91. The van der Waals surface area contributed by atoms with Gasteiger partial charge in [0.2, 0.25) is 5.13 Å². The summed E-state index contributed by atoms with van der Waals surface area (Å²) in [6.07, 6.45) is 2.87. The van der Waals surface area contributed by atoms with E-state index in [4.69, 9.17) is 0 Å². The van der Waals surface area contributed by atoms with Gasteiger partial charge in [-0.05, 0) is 14.1 Å². The van der Waals surface area contributed by atoms with Crippen molar-refractivity contribution in [2.45, 2.75) is 6.42 Å². The zero-order valence-corrected chi connectivity index (χ0v) is 11.7. The van der Waals surface area contributed by atoms with Crippen LogP contribution in [0.5, 0.6) is 0 Å². The second-order valence-electron chi connectivity index (χ2n) is 3.83. The van der Waals surface area contributed by atoms with Crippen LogP contribution in [0, 0.1) is 0 Å². The molecule has 2 rings (SSSR count). The summed E-state index contributed by atoms with van der Waals surface area (Å²) in [5.74, 6) is 0. The second-order valence-corrected chi connectivity index (χ2v) is 5.93. The van der Waals surface area contributed by atoms with Crippen molar-refractivity contribution in [2.75, 3.05) is 33.0 Å². The highest BCUT2D eigenvalue weighted by molar-refractivity contribution is 7.23. The van der Waals surface area contributed by atoms with Crippen LogP contribution in [-0.4, -0.2) is 47.8 Å². The Bertz CT molecular complexity index is 477. The van der Waals surface area contributed by atoms with Crippen LogP contribution in [0.2, 0.25) is 0 Å². The smallest absolute Gasteiger partial charge is 0.205 e. The quantitative estimate of drug-likeness (QED) is 0.897. The topological polar surface area (TPSA) is 53.9 Å². The van der Waals surface area contributed by atoms with E-state index in [9.17, 15) is 0 Å². The van der Waals surface area contributed by atoms with E-state index in [1.807, 2.05) is 13.2 Å². The molecule has 1 N–H and O–H groups in total. The fourth-order valence-electron chi connectivity index (χ4n) is 1.27. The molecule has 0 radical (unpaired) electrons. The molecule has 0 saturated carbocycles. The van der Waals surface area contributed by atoms with Gasteiger partial charge in [-0.25, -0.2) is 4.98 Å². The van der Waals surface area contributed by atoms with Gasteiger partial charge in [0.25, 0.3) is 0 Å². The number of likely N-dealkylation sites (N-methyl/N-ethyl adjacent to an activating group) is 1. The van der Waals surface area contributed by atoms with Gasteiger partial charge in [-0.1, -0.05) is 11.3 Å². The minimum atomic E-state index is 0.836. The van der Waals surface area contributed by atoms with Crippen molar-refractivity contribution in [1.82, 2.24) is 20.1 Å². The lowest BCUT2D eigenvalue weighted by Crippen LogP contribution is -2.14. The van der Waals surface area contributed by atoms with Crippen molar-refractivity contribution in [3.05, 3.63) is 11.2 Å². The Hall–Kier alpha value is -1.05. The summed E-state index contributed by atoms with van der Waals surface area (Å²) in [6.45, 7) is 1.02. The Morgan fingerprint density at radius 1 is 1.29 bits per heavy atom. The predicted octanol–water partition coefficient (Wildman–Crippen LogP) is 1.81. The highest BCUT2D eigenvalue weighted by Gasteiger charge is 2.09. The molecule has 17 heavy (non-hydrogen) atoms. The molecule has 0 aliphatic rings. The van der Waals surface area contributed by atoms with Gasteiger partial charge in [0.15, 0.2) is 5.01 Å². The van der Waals surface area contributed by atoms with Crippen LogP contribution in [-0.2, 0) is 6.42 Å². The summed E-state index contributed by atoms with van der Waals surface area (Å²) in [6, 6.07) is 0. The van der Waals surface area contributed by atoms with Gasteiger partial charge in [0, 0.05) is 26.2 Å². The summed E-state index contributed by atoms with van der Waals surface area (Å²) in [4.78, 5) is 7.66. The maximum absolute atomic E-state index is 4.41. The Morgan fingerprint density at radius 2 is 2.12 bits per heavy atom. The normalized spacial score (nSPS) is 11.1. The minimum Gasteiger partial charge on any atom is -0.363 e. The largest absolute Gasteiger partial charge is 0.363 e. The van der Waals surface area contributed by atoms with Gasteiger partial charge < -0.3 is 10.2 Å². The van der Waals surface area contributed by atoms with Gasteiger partial charge in [0.05, 0.1) is 9.88 Å². The van der Waals surface area contributed by atoms with Gasteiger partial charge in [-0.15, -0.1) is 21.5 Å². The molecule has 0 saturated heterocycles. The monoisotopic (exact) mass is 269 g/mol. The molecule has 0 spiro atoms.